The van der Waals surface area contributed by atoms with Crippen LogP contribution in [0.2, 0.25) is 0 Å². The summed E-state index contributed by atoms with van der Waals surface area (Å²) in [4.78, 5) is 21.9. The first-order chi connectivity index (χ1) is 9.06. The van der Waals surface area contributed by atoms with E-state index in [9.17, 15) is 14.9 Å². The molecule has 0 bridgehead atoms. The summed E-state index contributed by atoms with van der Waals surface area (Å²) < 4.78 is 5.13. The molecule has 0 aliphatic carbocycles. The molecule has 1 aromatic carbocycles. The van der Waals surface area contributed by atoms with E-state index in [-0.39, 0.29) is 16.9 Å². The van der Waals surface area contributed by atoms with Gasteiger partial charge in [0.05, 0.1) is 10.5 Å². The molecule has 104 valence electrons. The highest BCUT2D eigenvalue weighted by atomic mass is 16.6. The Balaban J connectivity index is 2.61. The first-order valence-corrected chi connectivity index (χ1v) is 5.96. The number of hydrogen-bond acceptors (Lipinski definition) is 5. The summed E-state index contributed by atoms with van der Waals surface area (Å²) in [7, 11) is 0. The van der Waals surface area contributed by atoms with Gasteiger partial charge in [-0.1, -0.05) is 0 Å². The third-order valence-corrected chi connectivity index (χ3v) is 2.45. The van der Waals surface area contributed by atoms with Crippen molar-refractivity contribution in [3.8, 4) is 0 Å². The Morgan fingerprint density at radius 3 is 2.89 bits per heavy atom. The predicted molar refractivity (Wildman–Crippen MR) is 71.0 cm³/mol. The first kappa shape index (κ1) is 14.9. The molecule has 0 saturated heterocycles. The van der Waals surface area contributed by atoms with Crippen LogP contribution in [0.15, 0.2) is 18.2 Å². The Bertz CT molecular complexity index is 462. The van der Waals surface area contributed by atoms with Gasteiger partial charge in [-0.05, 0) is 19.4 Å². The molecule has 7 nitrogen and oxygen atoms in total. The quantitative estimate of drug-likeness (QED) is 0.335. The molecule has 0 spiro atoms. The Morgan fingerprint density at radius 2 is 2.26 bits per heavy atom. The average molecular weight is 267 g/mol. The van der Waals surface area contributed by atoms with Crippen molar-refractivity contribution in [1.29, 1.82) is 0 Å². The van der Waals surface area contributed by atoms with Gasteiger partial charge in [-0.2, -0.15) is 0 Å². The summed E-state index contributed by atoms with van der Waals surface area (Å²) in [5.74, 6) is -0.419. The fourth-order valence-corrected chi connectivity index (χ4v) is 1.47. The number of carbonyl (C=O) groups is 1. The van der Waals surface area contributed by atoms with Gasteiger partial charge in [-0.3, -0.25) is 14.9 Å². The standard InChI is InChI=1S/C12H17N3O4/c1-2-19-7-3-6-14-12(16)10-8-9(15(17)18)4-5-11(10)13/h4-5,8H,2-3,6-7,13H2,1H3,(H,14,16). The van der Waals surface area contributed by atoms with Crippen LogP contribution in [0.3, 0.4) is 0 Å². The molecule has 19 heavy (non-hydrogen) atoms. The zero-order chi connectivity index (χ0) is 14.3. The Labute approximate surface area is 110 Å². The van der Waals surface area contributed by atoms with Crippen molar-refractivity contribution in [2.75, 3.05) is 25.5 Å². The van der Waals surface area contributed by atoms with Gasteiger partial charge in [0.2, 0.25) is 0 Å². The monoisotopic (exact) mass is 267 g/mol. The van der Waals surface area contributed by atoms with Gasteiger partial charge in [-0.25, -0.2) is 0 Å². The van der Waals surface area contributed by atoms with Crippen molar-refractivity contribution in [3.63, 3.8) is 0 Å². The number of nitrogens with zero attached hydrogens (tertiary/aromatic N) is 1. The third kappa shape index (κ3) is 4.55. The van der Waals surface area contributed by atoms with E-state index in [2.05, 4.69) is 5.32 Å². The van der Waals surface area contributed by atoms with Crippen molar-refractivity contribution >= 4 is 17.3 Å². The molecule has 0 saturated carbocycles. The summed E-state index contributed by atoms with van der Waals surface area (Å²) in [5, 5.41) is 13.3. The van der Waals surface area contributed by atoms with Crippen LogP contribution in [-0.2, 0) is 4.74 Å². The van der Waals surface area contributed by atoms with Crippen LogP contribution < -0.4 is 11.1 Å². The van der Waals surface area contributed by atoms with Crippen molar-refractivity contribution in [2.24, 2.45) is 0 Å². The molecule has 1 rings (SSSR count). The molecular formula is C12H17N3O4. The van der Waals surface area contributed by atoms with Crippen LogP contribution in [0.1, 0.15) is 23.7 Å². The maximum Gasteiger partial charge on any atom is 0.270 e. The number of carbonyl (C=O) groups excluding carboxylic acids is 1. The zero-order valence-corrected chi connectivity index (χ0v) is 10.7. The molecular weight excluding hydrogens is 250 g/mol. The molecule has 7 heteroatoms. The van der Waals surface area contributed by atoms with E-state index in [0.717, 1.165) is 0 Å². The predicted octanol–water partition coefficient (Wildman–Crippen LogP) is 1.33. The Kier molecular flexibility index (Phi) is 5.74. The number of anilines is 1. The maximum absolute atomic E-state index is 11.8. The fraction of sp³-hybridized carbons (Fsp3) is 0.417. The van der Waals surface area contributed by atoms with Gasteiger partial charge < -0.3 is 15.8 Å². The molecule has 0 atom stereocenters. The number of nitro benzene ring substituents is 1. The molecule has 0 aromatic heterocycles. The molecule has 3 N–H and O–H groups in total. The molecule has 0 aliphatic heterocycles. The number of amides is 1. The van der Waals surface area contributed by atoms with Crippen LogP contribution in [0, 0.1) is 10.1 Å². The fourth-order valence-electron chi connectivity index (χ4n) is 1.47. The number of benzene rings is 1. The lowest BCUT2D eigenvalue weighted by Gasteiger charge is -2.07. The van der Waals surface area contributed by atoms with Gasteiger partial charge in [0.25, 0.3) is 11.6 Å². The molecule has 0 radical (unpaired) electrons. The van der Waals surface area contributed by atoms with E-state index in [4.69, 9.17) is 10.5 Å². The van der Waals surface area contributed by atoms with Gasteiger partial charge in [-0.15, -0.1) is 0 Å². The number of nitrogens with one attached hydrogen (secondary N) is 1. The second-order valence-electron chi connectivity index (χ2n) is 3.84. The number of nitrogens with two attached hydrogens (primary N) is 1. The molecule has 0 heterocycles. The number of non-ortho nitro benzene ring substituents is 1. The summed E-state index contributed by atoms with van der Waals surface area (Å²) in [6, 6.07) is 3.79. The Morgan fingerprint density at radius 1 is 1.53 bits per heavy atom. The van der Waals surface area contributed by atoms with Gasteiger partial charge in [0, 0.05) is 37.6 Å². The molecule has 0 unspecified atom stereocenters. The SMILES string of the molecule is CCOCCCNC(=O)c1cc([N+](=O)[O-])ccc1N. The molecule has 0 aliphatic rings. The third-order valence-electron chi connectivity index (χ3n) is 2.45. The van der Waals surface area contributed by atoms with Crippen LogP contribution in [-0.4, -0.2) is 30.6 Å². The number of hydrogen-bond donors (Lipinski definition) is 2. The van der Waals surface area contributed by atoms with E-state index in [1.54, 1.807) is 0 Å². The van der Waals surface area contributed by atoms with Crippen LogP contribution >= 0.6 is 0 Å². The van der Waals surface area contributed by atoms with E-state index in [1.165, 1.54) is 18.2 Å². The van der Waals surface area contributed by atoms with Crippen molar-refractivity contribution in [2.45, 2.75) is 13.3 Å². The lowest BCUT2D eigenvalue weighted by atomic mass is 10.1. The number of nitro groups is 1. The number of nitrogen functional groups attached to an aromatic ring is 1. The lowest BCUT2D eigenvalue weighted by molar-refractivity contribution is -0.384. The highest BCUT2D eigenvalue weighted by Gasteiger charge is 2.14. The minimum absolute atomic E-state index is 0.116. The summed E-state index contributed by atoms with van der Waals surface area (Å²) in [5.41, 5.74) is 5.81. The topological polar surface area (TPSA) is 107 Å². The van der Waals surface area contributed by atoms with Gasteiger partial charge in [0.15, 0.2) is 0 Å². The van der Waals surface area contributed by atoms with Crippen LogP contribution in [0.4, 0.5) is 11.4 Å². The molecule has 0 fully saturated rings. The van der Waals surface area contributed by atoms with E-state index in [1.807, 2.05) is 6.92 Å². The second kappa shape index (κ2) is 7.32. The zero-order valence-electron chi connectivity index (χ0n) is 10.7. The normalized spacial score (nSPS) is 10.2. The summed E-state index contributed by atoms with van der Waals surface area (Å²) >= 11 is 0. The highest BCUT2D eigenvalue weighted by molar-refractivity contribution is 5.99. The summed E-state index contributed by atoms with van der Waals surface area (Å²) in [6.45, 7) is 3.51. The van der Waals surface area contributed by atoms with Crippen LogP contribution in [0.25, 0.3) is 0 Å². The van der Waals surface area contributed by atoms with Crippen molar-refractivity contribution in [1.82, 2.24) is 5.32 Å². The van der Waals surface area contributed by atoms with Crippen molar-refractivity contribution < 1.29 is 14.5 Å². The molecule has 1 aromatic rings. The van der Waals surface area contributed by atoms with E-state index < -0.39 is 10.8 Å². The number of rotatable bonds is 7. The largest absolute Gasteiger partial charge is 0.398 e. The average Bonchev–Trinajstić information content (AvgIpc) is 2.38. The van der Waals surface area contributed by atoms with Crippen LogP contribution in [0.5, 0.6) is 0 Å². The minimum atomic E-state index is -0.564. The smallest absolute Gasteiger partial charge is 0.270 e. The van der Waals surface area contributed by atoms with Gasteiger partial charge in [0.1, 0.15) is 0 Å². The summed E-state index contributed by atoms with van der Waals surface area (Å²) in [6.07, 6.45) is 0.675. The second-order valence-corrected chi connectivity index (χ2v) is 3.84. The minimum Gasteiger partial charge on any atom is -0.398 e. The molecule has 1 amide bonds. The Hall–Kier alpha value is -2.15. The number of ether oxygens (including phenoxy) is 1. The van der Waals surface area contributed by atoms with E-state index in [0.29, 0.717) is 26.2 Å². The maximum atomic E-state index is 11.8. The highest BCUT2D eigenvalue weighted by Crippen LogP contribution is 2.19. The van der Waals surface area contributed by atoms with Crippen molar-refractivity contribution in [3.05, 3.63) is 33.9 Å². The van der Waals surface area contributed by atoms with Gasteiger partial charge >= 0.3 is 0 Å². The van der Waals surface area contributed by atoms with E-state index >= 15 is 0 Å². The first-order valence-electron chi connectivity index (χ1n) is 5.96. The lowest BCUT2D eigenvalue weighted by Crippen LogP contribution is -2.26.